The molecule has 2 aromatic rings. The van der Waals surface area contributed by atoms with Crippen LogP contribution in [0.4, 0.5) is 0 Å². The minimum atomic E-state index is 0.723. The van der Waals surface area contributed by atoms with Crippen molar-refractivity contribution in [3.8, 4) is 11.8 Å². The molecule has 0 saturated carbocycles. The third kappa shape index (κ3) is 2.11. The summed E-state index contributed by atoms with van der Waals surface area (Å²) in [5.74, 6) is 6.06. The third-order valence-corrected chi connectivity index (χ3v) is 3.28. The van der Waals surface area contributed by atoms with Crippen molar-refractivity contribution in [3.63, 3.8) is 0 Å². The Kier molecular flexibility index (Phi) is 2.78. The second-order valence-electron chi connectivity index (χ2n) is 2.55. The second-order valence-corrected chi connectivity index (χ2v) is 4.61. The second kappa shape index (κ2) is 4.23. The van der Waals surface area contributed by atoms with Crippen LogP contribution < -0.4 is 0 Å². The number of aldehydes is 1. The molecule has 0 spiro atoms. The number of hydrogen-bond donors (Lipinski definition) is 0. The van der Waals surface area contributed by atoms with Crippen LogP contribution in [-0.2, 0) is 0 Å². The lowest BCUT2D eigenvalue weighted by molar-refractivity contribution is 0.112. The van der Waals surface area contributed by atoms with E-state index in [-0.39, 0.29) is 0 Å². The van der Waals surface area contributed by atoms with Crippen LogP contribution >= 0.6 is 22.7 Å². The minimum absolute atomic E-state index is 0.723. The minimum Gasteiger partial charge on any atom is -0.297 e. The van der Waals surface area contributed by atoms with Gasteiger partial charge in [-0.3, -0.25) is 4.79 Å². The summed E-state index contributed by atoms with van der Waals surface area (Å²) in [5, 5.41) is 2.00. The molecular weight excluding hydrogens is 212 g/mol. The van der Waals surface area contributed by atoms with Gasteiger partial charge in [0.1, 0.15) is 0 Å². The fourth-order valence-electron chi connectivity index (χ4n) is 0.956. The Morgan fingerprint density at radius 1 is 1.14 bits per heavy atom. The van der Waals surface area contributed by atoms with Crippen molar-refractivity contribution in [2.75, 3.05) is 0 Å². The lowest BCUT2D eigenvalue weighted by Gasteiger charge is -1.77. The van der Waals surface area contributed by atoms with Gasteiger partial charge in [-0.1, -0.05) is 6.07 Å². The molecule has 0 atom stereocenters. The maximum absolute atomic E-state index is 10.4. The molecule has 0 N–H and O–H groups in total. The number of hydrogen-bond acceptors (Lipinski definition) is 3. The largest absolute Gasteiger partial charge is 0.297 e. The molecule has 0 radical (unpaired) electrons. The molecule has 1 nitrogen and oxygen atoms in total. The smallest absolute Gasteiger partial charge is 0.160 e. The first-order valence-electron chi connectivity index (χ1n) is 3.99. The number of rotatable bonds is 1. The van der Waals surface area contributed by atoms with Crippen molar-refractivity contribution in [1.29, 1.82) is 0 Å². The van der Waals surface area contributed by atoms with Crippen LogP contribution in [0.1, 0.15) is 19.4 Å². The van der Waals surface area contributed by atoms with Gasteiger partial charge in [-0.15, -0.1) is 22.7 Å². The van der Waals surface area contributed by atoms with E-state index in [1.807, 2.05) is 23.6 Å². The van der Waals surface area contributed by atoms with Crippen molar-refractivity contribution in [1.82, 2.24) is 0 Å². The van der Waals surface area contributed by atoms with Crippen LogP contribution in [0, 0.1) is 11.8 Å². The molecule has 14 heavy (non-hydrogen) atoms. The molecule has 0 saturated heterocycles. The lowest BCUT2D eigenvalue weighted by atomic mass is 10.4. The summed E-state index contributed by atoms with van der Waals surface area (Å²) in [6, 6.07) is 7.61. The van der Waals surface area contributed by atoms with Gasteiger partial charge in [-0.2, -0.15) is 0 Å². The van der Waals surface area contributed by atoms with E-state index in [0.29, 0.717) is 0 Å². The molecule has 0 unspecified atom stereocenters. The van der Waals surface area contributed by atoms with Crippen LogP contribution in [-0.4, -0.2) is 6.29 Å². The molecule has 0 aliphatic heterocycles. The highest BCUT2D eigenvalue weighted by Crippen LogP contribution is 2.13. The molecule has 0 bridgehead atoms. The van der Waals surface area contributed by atoms with Crippen LogP contribution in [0.15, 0.2) is 29.6 Å². The highest BCUT2D eigenvalue weighted by Gasteiger charge is 1.94. The van der Waals surface area contributed by atoms with E-state index in [1.165, 1.54) is 11.3 Å². The van der Waals surface area contributed by atoms with E-state index in [1.54, 1.807) is 17.4 Å². The highest BCUT2D eigenvalue weighted by atomic mass is 32.1. The van der Waals surface area contributed by atoms with Gasteiger partial charge < -0.3 is 0 Å². The molecule has 0 fully saturated rings. The number of thiophene rings is 2. The van der Waals surface area contributed by atoms with Gasteiger partial charge >= 0.3 is 0 Å². The Morgan fingerprint density at radius 3 is 2.64 bits per heavy atom. The zero-order chi connectivity index (χ0) is 9.80. The summed E-state index contributed by atoms with van der Waals surface area (Å²) < 4.78 is 0. The van der Waals surface area contributed by atoms with Crippen LogP contribution in [0.25, 0.3) is 0 Å². The Morgan fingerprint density at radius 2 is 2.00 bits per heavy atom. The van der Waals surface area contributed by atoms with Crippen molar-refractivity contribution < 1.29 is 4.79 Å². The van der Waals surface area contributed by atoms with E-state index in [9.17, 15) is 4.79 Å². The van der Waals surface area contributed by atoms with Crippen molar-refractivity contribution in [2.24, 2.45) is 0 Å². The Balaban J connectivity index is 2.21. The van der Waals surface area contributed by atoms with Gasteiger partial charge in [0, 0.05) is 0 Å². The molecule has 68 valence electrons. The first kappa shape index (κ1) is 9.20. The molecule has 3 heteroatoms. The molecule has 2 aromatic heterocycles. The first-order valence-corrected chi connectivity index (χ1v) is 5.68. The van der Waals surface area contributed by atoms with Crippen LogP contribution in [0.3, 0.4) is 0 Å². The summed E-state index contributed by atoms with van der Waals surface area (Å²) in [5.41, 5.74) is 0. The van der Waals surface area contributed by atoms with Gasteiger partial charge in [-0.05, 0) is 35.4 Å². The van der Waals surface area contributed by atoms with Gasteiger partial charge in [0.05, 0.1) is 14.6 Å². The molecule has 2 heterocycles. The van der Waals surface area contributed by atoms with Gasteiger partial charge in [0.25, 0.3) is 0 Å². The van der Waals surface area contributed by atoms with E-state index >= 15 is 0 Å². The molecular formula is C11H6OS2. The molecule has 0 aliphatic rings. The average Bonchev–Trinajstić information content (AvgIpc) is 2.86. The fourth-order valence-corrected chi connectivity index (χ4v) is 2.20. The standard InChI is InChI=1S/C11H6OS2/c12-8-11-6-5-10(14-11)4-3-9-2-1-7-13-9/h1-2,5-8H. The molecule has 2 rings (SSSR count). The Hall–Kier alpha value is -1.37. The Bertz CT molecular complexity index is 483. The maximum Gasteiger partial charge on any atom is 0.160 e. The van der Waals surface area contributed by atoms with Crippen molar-refractivity contribution >= 4 is 29.0 Å². The lowest BCUT2D eigenvalue weighted by Crippen LogP contribution is -1.63. The topological polar surface area (TPSA) is 17.1 Å². The summed E-state index contributed by atoms with van der Waals surface area (Å²) in [4.78, 5) is 13.1. The Labute approximate surface area is 90.0 Å². The summed E-state index contributed by atoms with van der Waals surface area (Å²) >= 11 is 3.03. The number of carbonyl (C=O) groups excluding carboxylic acids is 1. The fraction of sp³-hybridized carbons (Fsp3) is 0. The van der Waals surface area contributed by atoms with Crippen molar-refractivity contribution in [2.45, 2.75) is 0 Å². The predicted molar refractivity (Wildman–Crippen MR) is 60.0 cm³/mol. The summed E-state index contributed by atoms with van der Waals surface area (Å²) in [6.07, 6.45) is 0.848. The van der Waals surface area contributed by atoms with E-state index < -0.39 is 0 Å². The van der Waals surface area contributed by atoms with Crippen molar-refractivity contribution in [3.05, 3.63) is 44.3 Å². The van der Waals surface area contributed by atoms with E-state index in [4.69, 9.17) is 0 Å². The molecule has 0 aromatic carbocycles. The normalized spacial score (nSPS) is 9.14. The van der Waals surface area contributed by atoms with Crippen LogP contribution in [0.2, 0.25) is 0 Å². The summed E-state index contributed by atoms with van der Waals surface area (Å²) in [6.45, 7) is 0. The zero-order valence-corrected chi connectivity index (χ0v) is 8.82. The van der Waals surface area contributed by atoms with E-state index in [0.717, 1.165) is 20.9 Å². The molecule has 0 amide bonds. The first-order chi connectivity index (χ1) is 6.88. The highest BCUT2D eigenvalue weighted by molar-refractivity contribution is 7.14. The predicted octanol–water partition coefficient (Wildman–Crippen LogP) is 3.02. The SMILES string of the molecule is O=Cc1ccc(C#Cc2cccs2)s1. The quantitative estimate of drug-likeness (QED) is 0.531. The summed E-state index contributed by atoms with van der Waals surface area (Å²) in [7, 11) is 0. The molecule has 0 aliphatic carbocycles. The monoisotopic (exact) mass is 218 g/mol. The van der Waals surface area contributed by atoms with Gasteiger partial charge in [0.2, 0.25) is 0 Å². The average molecular weight is 218 g/mol. The third-order valence-electron chi connectivity index (χ3n) is 1.57. The number of carbonyl (C=O) groups is 1. The van der Waals surface area contributed by atoms with Gasteiger partial charge in [-0.25, -0.2) is 0 Å². The van der Waals surface area contributed by atoms with Gasteiger partial charge in [0.15, 0.2) is 6.29 Å². The van der Waals surface area contributed by atoms with E-state index in [2.05, 4.69) is 11.8 Å². The van der Waals surface area contributed by atoms with Crippen LogP contribution in [0.5, 0.6) is 0 Å². The zero-order valence-electron chi connectivity index (χ0n) is 7.19. The maximum atomic E-state index is 10.4.